The molecule has 2 aliphatic rings. The second kappa shape index (κ2) is 9.43. The Kier molecular flexibility index (Phi) is 7.46. The number of halogens is 3. The van der Waals surface area contributed by atoms with Crippen molar-refractivity contribution < 1.29 is 14.0 Å². The molecule has 0 aliphatic carbocycles. The van der Waals surface area contributed by atoms with Crippen molar-refractivity contribution in [3.05, 3.63) is 52.8 Å². The molecule has 2 amide bonds. The number of rotatable bonds is 2. The summed E-state index contributed by atoms with van der Waals surface area (Å²) in [6.45, 7) is 1.97. The average molecular weight is 441 g/mol. The van der Waals surface area contributed by atoms with Crippen molar-refractivity contribution in [1.82, 2.24) is 5.32 Å². The normalized spacial score (nSPS) is 15.0. The standard InChI is InChI=1S/C20H21FN4O2.2ClH/c1-25-9-7-18(26)23-16-10-12(3-5-17(16)25)20(27)24-15-4-2-13-11-22-8-6-14(13)19(15)21;;/h2-5,10,22H,6-9,11H2,1H3,(H,23,26)(H,24,27);2*1H. The first-order valence-corrected chi connectivity index (χ1v) is 9.00. The highest BCUT2D eigenvalue weighted by molar-refractivity contribution is 6.06. The molecule has 0 radical (unpaired) electrons. The van der Waals surface area contributed by atoms with Gasteiger partial charge in [0.05, 0.1) is 17.1 Å². The Hall–Kier alpha value is -2.35. The zero-order valence-corrected chi connectivity index (χ0v) is 17.5. The van der Waals surface area contributed by atoms with E-state index in [2.05, 4.69) is 16.0 Å². The van der Waals surface area contributed by atoms with E-state index in [1.807, 2.05) is 18.0 Å². The molecule has 0 unspecified atom stereocenters. The van der Waals surface area contributed by atoms with Crippen LogP contribution < -0.4 is 20.9 Å². The number of amides is 2. The molecule has 0 saturated carbocycles. The van der Waals surface area contributed by atoms with Gasteiger partial charge >= 0.3 is 0 Å². The van der Waals surface area contributed by atoms with Gasteiger partial charge in [0, 0.05) is 32.1 Å². The molecular weight excluding hydrogens is 418 g/mol. The van der Waals surface area contributed by atoms with Crippen molar-refractivity contribution in [1.29, 1.82) is 0 Å². The summed E-state index contributed by atoms with van der Waals surface area (Å²) in [5, 5.41) is 8.69. The fraction of sp³-hybridized carbons (Fsp3) is 0.300. The van der Waals surface area contributed by atoms with Crippen LogP contribution in [-0.4, -0.2) is 32.0 Å². The number of hydrogen-bond acceptors (Lipinski definition) is 4. The molecule has 3 N–H and O–H groups in total. The Morgan fingerprint density at radius 2 is 1.97 bits per heavy atom. The summed E-state index contributed by atoms with van der Waals surface area (Å²) in [5.41, 5.74) is 3.56. The van der Waals surface area contributed by atoms with Crippen LogP contribution in [0.1, 0.15) is 27.9 Å². The second-order valence-electron chi connectivity index (χ2n) is 6.90. The van der Waals surface area contributed by atoms with Gasteiger partial charge in [0.2, 0.25) is 5.91 Å². The minimum absolute atomic E-state index is 0. The van der Waals surface area contributed by atoms with Crippen molar-refractivity contribution in [3.63, 3.8) is 0 Å². The second-order valence-corrected chi connectivity index (χ2v) is 6.90. The van der Waals surface area contributed by atoms with Crippen LogP contribution in [0.15, 0.2) is 30.3 Å². The number of fused-ring (bicyclic) bond motifs is 2. The van der Waals surface area contributed by atoms with Gasteiger partial charge in [-0.2, -0.15) is 0 Å². The van der Waals surface area contributed by atoms with Crippen molar-refractivity contribution in [3.8, 4) is 0 Å². The minimum Gasteiger partial charge on any atom is -0.372 e. The molecule has 0 fully saturated rings. The van der Waals surface area contributed by atoms with Gasteiger partial charge in [-0.1, -0.05) is 6.07 Å². The van der Waals surface area contributed by atoms with Crippen molar-refractivity contribution >= 4 is 53.7 Å². The van der Waals surface area contributed by atoms with Crippen molar-refractivity contribution in [2.75, 3.05) is 35.7 Å². The van der Waals surface area contributed by atoms with Gasteiger partial charge in [-0.25, -0.2) is 4.39 Å². The fourth-order valence-corrected chi connectivity index (χ4v) is 3.54. The van der Waals surface area contributed by atoms with Crippen LogP contribution in [0.25, 0.3) is 0 Å². The van der Waals surface area contributed by atoms with Gasteiger partial charge in [0.1, 0.15) is 5.82 Å². The third kappa shape index (κ3) is 4.63. The molecule has 156 valence electrons. The molecule has 2 aromatic rings. The van der Waals surface area contributed by atoms with Crippen LogP contribution in [0.3, 0.4) is 0 Å². The molecule has 0 spiro atoms. The van der Waals surface area contributed by atoms with Gasteiger partial charge in [-0.3, -0.25) is 9.59 Å². The lowest BCUT2D eigenvalue weighted by atomic mass is 9.99. The van der Waals surface area contributed by atoms with Gasteiger partial charge in [-0.05, 0) is 48.4 Å². The van der Waals surface area contributed by atoms with Crippen LogP contribution >= 0.6 is 24.8 Å². The maximum Gasteiger partial charge on any atom is 0.255 e. The van der Waals surface area contributed by atoms with Gasteiger partial charge < -0.3 is 20.9 Å². The number of nitrogens with zero attached hydrogens (tertiary/aromatic N) is 1. The summed E-state index contributed by atoms with van der Waals surface area (Å²) >= 11 is 0. The first kappa shape index (κ1) is 22.9. The number of benzene rings is 2. The van der Waals surface area contributed by atoms with Crippen LogP contribution in [0.2, 0.25) is 0 Å². The predicted molar refractivity (Wildman–Crippen MR) is 117 cm³/mol. The van der Waals surface area contributed by atoms with E-state index < -0.39 is 5.91 Å². The highest BCUT2D eigenvalue weighted by Crippen LogP contribution is 2.30. The molecule has 29 heavy (non-hydrogen) atoms. The van der Waals surface area contributed by atoms with Crippen LogP contribution in [0.4, 0.5) is 21.5 Å². The zero-order valence-electron chi connectivity index (χ0n) is 15.9. The Morgan fingerprint density at radius 1 is 1.17 bits per heavy atom. The summed E-state index contributed by atoms with van der Waals surface area (Å²) in [6, 6.07) is 8.54. The lowest BCUT2D eigenvalue weighted by molar-refractivity contribution is -0.115. The van der Waals surface area contributed by atoms with Crippen LogP contribution in [-0.2, 0) is 17.8 Å². The first-order chi connectivity index (χ1) is 13.0. The molecule has 4 rings (SSSR count). The van der Waals surface area contributed by atoms with Crippen LogP contribution in [0, 0.1) is 5.82 Å². The number of carbonyl (C=O) groups is 2. The van der Waals surface area contributed by atoms with Gasteiger partial charge in [0.15, 0.2) is 0 Å². The molecule has 2 heterocycles. The molecule has 0 bridgehead atoms. The van der Waals surface area contributed by atoms with Gasteiger partial charge in [-0.15, -0.1) is 24.8 Å². The first-order valence-electron chi connectivity index (χ1n) is 9.00. The number of nitrogens with one attached hydrogen (secondary N) is 3. The Labute approximate surface area is 181 Å². The average Bonchev–Trinajstić information content (AvgIpc) is 2.82. The fourth-order valence-electron chi connectivity index (χ4n) is 3.54. The number of carbonyl (C=O) groups excluding carboxylic acids is 2. The molecule has 2 aromatic carbocycles. The van der Waals surface area contributed by atoms with E-state index in [0.717, 1.165) is 17.8 Å². The summed E-state index contributed by atoms with van der Waals surface area (Å²) in [5.74, 6) is -0.871. The molecular formula is C20H23Cl2FN4O2. The number of hydrogen-bond donors (Lipinski definition) is 3. The summed E-state index contributed by atoms with van der Waals surface area (Å²) in [4.78, 5) is 26.5. The molecule has 0 saturated heterocycles. The van der Waals surface area contributed by atoms with E-state index in [1.165, 1.54) is 0 Å². The van der Waals surface area contributed by atoms with Gasteiger partial charge in [0.25, 0.3) is 5.91 Å². The summed E-state index contributed by atoms with van der Waals surface area (Å²) < 4.78 is 14.8. The van der Waals surface area contributed by atoms with Crippen LogP contribution in [0.5, 0.6) is 0 Å². The van der Waals surface area contributed by atoms with E-state index in [9.17, 15) is 14.0 Å². The topological polar surface area (TPSA) is 73.5 Å². The van der Waals surface area contributed by atoms with E-state index in [0.29, 0.717) is 42.7 Å². The quantitative estimate of drug-likeness (QED) is 0.669. The lowest BCUT2D eigenvalue weighted by Gasteiger charge is -2.20. The minimum atomic E-state index is -0.410. The lowest BCUT2D eigenvalue weighted by Crippen LogP contribution is -2.25. The maximum absolute atomic E-state index is 14.8. The molecule has 2 aliphatic heterocycles. The maximum atomic E-state index is 14.8. The van der Waals surface area contributed by atoms with Crippen molar-refractivity contribution in [2.45, 2.75) is 19.4 Å². The predicted octanol–water partition coefficient (Wildman–Crippen LogP) is 3.35. The van der Waals surface area contributed by atoms with E-state index in [4.69, 9.17) is 0 Å². The Balaban J connectivity index is 0.00000150. The molecule has 0 aromatic heterocycles. The SMILES string of the molecule is CN1CCC(=O)Nc2cc(C(=O)Nc3ccc4c(c3F)CCNC4)ccc21.Cl.Cl. The largest absolute Gasteiger partial charge is 0.372 e. The zero-order chi connectivity index (χ0) is 19.0. The third-order valence-corrected chi connectivity index (χ3v) is 5.07. The summed E-state index contributed by atoms with van der Waals surface area (Å²) in [6.07, 6.45) is 0.990. The summed E-state index contributed by atoms with van der Waals surface area (Å²) in [7, 11) is 1.90. The molecule has 9 heteroatoms. The molecule has 6 nitrogen and oxygen atoms in total. The van der Waals surface area contributed by atoms with E-state index >= 15 is 0 Å². The Morgan fingerprint density at radius 3 is 2.76 bits per heavy atom. The van der Waals surface area contributed by atoms with E-state index in [1.54, 1.807) is 24.3 Å². The number of anilines is 3. The molecule has 0 atom stereocenters. The third-order valence-electron chi connectivity index (χ3n) is 5.07. The Bertz CT molecular complexity index is 939. The van der Waals surface area contributed by atoms with E-state index in [-0.39, 0.29) is 42.2 Å². The smallest absolute Gasteiger partial charge is 0.255 e. The highest BCUT2D eigenvalue weighted by atomic mass is 35.5. The monoisotopic (exact) mass is 440 g/mol. The van der Waals surface area contributed by atoms with Crippen molar-refractivity contribution in [2.24, 2.45) is 0 Å². The highest BCUT2D eigenvalue weighted by Gasteiger charge is 2.20.